The summed E-state index contributed by atoms with van der Waals surface area (Å²) in [6.07, 6.45) is 0. The van der Waals surface area contributed by atoms with E-state index in [0.29, 0.717) is 32.2 Å². The molecule has 1 N–H and O–H groups in total. The number of halogens is 2. The fourth-order valence-electron chi connectivity index (χ4n) is 1.75. The Labute approximate surface area is 138 Å². The number of thiocarbonyl (C=S) groups is 1. The number of ether oxygens (including phenoxy) is 2. The van der Waals surface area contributed by atoms with Gasteiger partial charge in [-0.05, 0) is 12.1 Å². The van der Waals surface area contributed by atoms with Crippen LogP contribution >= 0.6 is 35.4 Å². The molecule has 0 aliphatic heterocycles. The fraction of sp³-hybridized carbons (Fsp3) is 0.133. The first-order valence-corrected chi connectivity index (χ1v) is 7.20. The third kappa shape index (κ3) is 3.79. The molecular formula is C15H13Cl2NO2S. The van der Waals surface area contributed by atoms with Gasteiger partial charge in [0.2, 0.25) is 0 Å². The van der Waals surface area contributed by atoms with Crippen LogP contribution in [-0.4, -0.2) is 19.2 Å². The Morgan fingerprint density at radius 2 is 1.62 bits per heavy atom. The van der Waals surface area contributed by atoms with E-state index in [-0.39, 0.29) is 0 Å². The summed E-state index contributed by atoms with van der Waals surface area (Å²) in [7, 11) is 3.11. The van der Waals surface area contributed by atoms with Gasteiger partial charge in [-0.1, -0.05) is 47.6 Å². The number of benzene rings is 2. The molecule has 0 fully saturated rings. The van der Waals surface area contributed by atoms with Crippen molar-refractivity contribution in [1.82, 2.24) is 0 Å². The molecular weight excluding hydrogens is 329 g/mol. The van der Waals surface area contributed by atoms with Gasteiger partial charge in [0.05, 0.1) is 24.9 Å². The van der Waals surface area contributed by atoms with Gasteiger partial charge in [-0.3, -0.25) is 0 Å². The molecule has 21 heavy (non-hydrogen) atoms. The molecule has 0 radical (unpaired) electrons. The summed E-state index contributed by atoms with van der Waals surface area (Å²) in [5.41, 5.74) is 1.53. The van der Waals surface area contributed by atoms with E-state index in [4.69, 9.17) is 44.9 Å². The van der Waals surface area contributed by atoms with Crippen LogP contribution in [0.15, 0.2) is 36.4 Å². The molecule has 0 unspecified atom stereocenters. The maximum Gasteiger partial charge on any atom is 0.144 e. The van der Waals surface area contributed by atoms with E-state index in [1.165, 1.54) is 0 Å². The van der Waals surface area contributed by atoms with Crippen molar-refractivity contribution in [1.29, 1.82) is 0 Å². The molecule has 0 bridgehead atoms. The van der Waals surface area contributed by atoms with Crippen LogP contribution in [0.3, 0.4) is 0 Å². The summed E-state index contributed by atoms with van der Waals surface area (Å²) in [5.74, 6) is 1.12. The van der Waals surface area contributed by atoms with Crippen molar-refractivity contribution in [3.05, 3.63) is 52.0 Å². The fourth-order valence-corrected chi connectivity index (χ4v) is 2.36. The van der Waals surface area contributed by atoms with Gasteiger partial charge < -0.3 is 14.8 Å². The molecule has 2 rings (SSSR count). The second-order valence-corrected chi connectivity index (χ2v) is 5.40. The van der Waals surface area contributed by atoms with E-state index in [2.05, 4.69) is 5.32 Å². The predicted octanol–water partition coefficient (Wildman–Crippen LogP) is 4.80. The molecule has 2 aromatic carbocycles. The van der Waals surface area contributed by atoms with Gasteiger partial charge in [0.25, 0.3) is 0 Å². The normalized spacial score (nSPS) is 10.1. The second kappa shape index (κ2) is 6.98. The van der Waals surface area contributed by atoms with Crippen LogP contribution in [0.2, 0.25) is 10.0 Å². The highest BCUT2D eigenvalue weighted by molar-refractivity contribution is 7.81. The molecule has 6 heteroatoms. The Kier molecular flexibility index (Phi) is 5.28. The molecule has 0 aromatic heterocycles. The molecule has 0 saturated heterocycles. The minimum absolute atomic E-state index is 0.470. The number of hydrogen-bond acceptors (Lipinski definition) is 3. The molecule has 0 aliphatic rings. The van der Waals surface area contributed by atoms with Gasteiger partial charge in [0, 0.05) is 22.7 Å². The van der Waals surface area contributed by atoms with Crippen LogP contribution in [0.5, 0.6) is 11.5 Å². The van der Waals surface area contributed by atoms with Crippen LogP contribution in [0.25, 0.3) is 0 Å². The van der Waals surface area contributed by atoms with Crippen molar-refractivity contribution in [2.45, 2.75) is 0 Å². The Hall–Kier alpha value is -1.49. The minimum Gasteiger partial charge on any atom is -0.495 e. The van der Waals surface area contributed by atoms with E-state index in [1.54, 1.807) is 38.5 Å². The van der Waals surface area contributed by atoms with Crippen LogP contribution in [-0.2, 0) is 0 Å². The highest BCUT2D eigenvalue weighted by atomic mass is 35.5. The first-order chi connectivity index (χ1) is 10.0. The average Bonchev–Trinajstić information content (AvgIpc) is 2.49. The zero-order valence-corrected chi connectivity index (χ0v) is 13.8. The van der Waals surface area contributed by atoms with Gasteiger partial charge in [-0.25, -0.2) is 0 Å². The Bertz CT molecular complexity index is 659. The number of hydrogen-bond donors (Lipinski definition) is 1. The van der Waals surface area contributed by atoms with Crippen LogP contribution in [0.1, 0.15) is 5.56 Å². The Balaban J connectivity index is 2.29. The van der Waals surface area contributed by atoms with Crippen molar-refractivity contribution in [3.63, 3.8) is 0 Å². The van der Waals surface area contributed by atoms with Gasteiger partial charge in [0.1, 0.15) is 16.5 Å². The third-order valence-corrected chi connectivity index (χ3v) is 3.71. The monoisotopic (exact) mass is 341 g/mol. The largest absolute Gasteiger partial charge is 0.495 e. The van der Waals surface area contributed by atoms with Gasteiger partial charge in [-0.2, -0.15) is 0 Å². The first-order valence-electron chi connectivity index (χ1n) is 6.03. The molecule has 2 aromatic rings. The first kappa shape index (κ1) is 15.9. The smallest absolute Gasteiger partial charge is 0.144 e. The van der Waals surface area contributed by atoms with Crippen LogP contribution in [0, 0.1) is 0 Å². The van der Waals surface area contributed by atoms with Gasteiger partial charge in [-0.15, -0.1) is 0 Å². The molecule has 0 saturated carbocycles. The SMILES string of the molecule is COc1cc(NC(=S)c2ccc(Cl)cc2)c(OC)cc1Cl. The number of nitrogens with one attached hydrogen (secondary N) is 1. The third-order valence-electron chi connectivity index (χ3n) is 2.83. The maximum absolute atomic E-state index is 6.07. The number of methoxy groups -OCH3 is 2. The van der Waals surface area contributed by atoms with Crippen molar-refractivity contribution >= 4 is 46.1 Å². The molecule has 110 valence electrons. The molecule has 0 aliphatic carbocycles. The van der Waals surface area contributed by atoms with E-state index in [1.807, 2.05) is 12.1 Å². The van der Waals surface area contributed by atoms with Crippen LogP contribution < -0.4 is 14.8 Å². The summed E-state index contributed by atoms with van der Waals surface area (Å²) in [5, 5.41) is 4.25. The Morgan fingerprint density at radius 1 is 1.00 bits per heavy atom. The quantitative estimate of drug-likeness (QED) is 0.809. The van der Waals surface area contributed by atoms with Crippen molar-refractivity contribution < 1.29 is 9.47 Å². The van der Waals surface area contributed by atoms with Crippen LogP contribution in [0.4, 0.5) is 5.69 Å². The highest BCUT2D eigenvalue weighted by Gasteiger charge is 2.11. The van der Waals surface area contributed by atoms with Gasteiger partial charge >= 0.3 is 0 Å². The molecule has 0 amide bonds. The highest BCUT2D eigenvalue weighted by Crippen LogP contribution is 2.36. The zero-order valence-electron chi connectivity index (χ0n) is 11.4. The molecule has 3 nitrogen and oxygen atoms in total. The lowest BCUT2D eigenvalue weighted by Crippen LogP contribution is -2.11. The Morgan fingerprint density at radius 3 is 2.19 bits per heavy atom. The van der Waals surface area contributed by atoms with E-state index in [0.717, 1.165) is 5.56 Å². The standard InChI is InChI=1S/C15H13Cl2NO2S/c1-19-13-8-12(14(20-2)7-11(13)17)18-15(21)9-3-5-10(16)6-4-9/h3-8H,1-2H3,(H,18,21). The van der Waals surface area contributed by atoms with Crippen molar-refractivity contribution in [2.75, 3.05) is 19.5 Å². The van der Waals surface area contributed by atoms with Crippen molar-refractivity contribution in [2.24, 2.45) is 0 Å². The lowest BCUT2D eigenvalue weighted by atomic mass is 10.2. The summed E-state index contributed by atoms with van der Waals surface area (Å²) in [6, 6.07) is 10.7. The maximum atomic E-state index is 6.07. The lowest BCUT2D eigenvalue weighted by Gasteiger charge is -2.14. The van der Waals surface area contributed by atoms with E-state index >= 15 is 0 Å². The zero-order chi connectivity index (χ0) is 15.4. The predicted molar refractivity (Wildman–Crippen MR) is 91.3 cm³/mol. The lowest BCUT2D eigenvalue weighted by molar-refractivity contribution is 0.405. The second-order valence-electron chi connectivity index (χ2n) is 4.15. The minimum atomic E-state index is 0.470. The summed E-state index contributed by atoms with van der Waals surface area (Å²) < 4.78 is 10.5. The van der Waals surface area contributed by atoms with Gasteiger partial charge in [0.15, 0.2) is 0 Å². The average molecular weight is 342 g/mol. The molecule has 0 heterocycles. The molecule has 0 atom stereocenters. The molecule has 0 spiro atoms. The topological polar surface area (TPSA) is 30.5 Å². The van der Waals surface area contributed by atoms with Crippen molar-refractivity contribution in [3.8, 4) is 11.5 Å². The summed E-state index contributed by atoms with van der Waals surface area (Å²) in [6.45, 7) is 0. The number of rotatable bonds is 4. The summed E-state index contributed by atoms with van der Waals surface area (Å²) >= 11 is 17.3. The number of anilines is 1. The summed E-state index contributed by atoms with van der Waals surface area (Å²) in [4.78, 5) is 0.550. The van der Waals surface area contributed by atoms with E-state index < -0.39 is 0 Å². The van der Waals surface area contributed by atoms with E-state index in [9.17, 15) is 0 Å².